The molecule has 0 aromatic heterocycles. The fourth-order valence-corrected chi connectivity index (χ4v) is 2.29. The number of aliphatic hydroxyl groups excluding tert-OH is 1. The van der Waals surface area contributed by atoms with Crippen molar-refractivity contribution in [3.63, 3.8) is 0 Å². The fraction of sp³-hybridized carbons (Fsp3) is 0.900. The van der Waals surface area contributed by atoms with Crippen LogP contribution in [0, 0.1) is 17.2 Å². The van der Waals surface area contributed by atoms with Gasteiger partial charge < -0.3 is 14.6 Å². The molecule has 0 aromatic rings. The third-order valence-corrected chi connectivity index (χ3v) is 3.18. The van der Waals surface area contributed by atoms with E-state index >= 15 is 0 Å². The predicted molar refractivity (Wildman–Crippen MR) is 48.2 cm³/mol. The summed E-state index contributed by atoms with van der Waals surface area (Å²) in [5.41, 5.74) is 0. The van der Waals surface area contributed by atoms with Gasteiger partial charge in [0.15, 0.2) is 5.79 Å². The average Bonchev–Trinajstić information content (AvgIpc) is 2.67. The molecule has 4 heteroatoms. The van der Waals surface area contributed by atoms with Crippen LogP contribution in [-0.4, -0.2) is 30.2 Å². The summed E-state index contributed by atoms with van der Waals surface area (Å²) in [5, 5.41) is 18.0. The Morgan fingerprint density at radius 2 is 1.86 bits per heavy atom. The van der Waals surface area contributed by atoms with E-state index < -0.39 is 6.10 Å². The highest BCUT2D eigenvalue weighted by molar-refractivity contribution is 4.93. The first-order valence-electron chi connectivity index (χ1n) is 5.11. The number of nitriles is 1. The molecule has 2 rings (SSSR count). The van der Waals surface area contributed by atoms with Crippen LogP contribution in [0.25, 0.3) is 0 Å². The minimum atomic E-state index is -0.825. The molecule has 0 aromatic carbocycles. The molecule has 1 saturated carbocycles. The zero-order valence-corrected chi connectivity index (χ0v) is 8.11. The van der Waals surface area contributed by atoms with Crippen molar-refractivity contribution >= 4 is 0 Å². The lowest BCUT2D eigenvalue weighted by Crippen LogP contribution is -2.37. The Bertz CT molecular complexity index is 232. The van der Waals surface area contributed by atoms with Gasteiger partial charge in [0.25, 0.3) is 0 Å². The Labute approximate surface area is 83.4 Å². The molecule has 0 amide bonds. The minimum Gasteiger partial charge on any atom is -0.378 e. The standard InChI is InChI=1S/C10H15NO3/c11-7-9(12)8-1-3-10(4-2-8)13-5-6-14-10/h8-9,12H,1-6H2. The molecule has 14 heavy (non-hydrogen) atoms. The Morgan fingerprint density at radius 1 is 1.29 bits per heavy atom. The summed E-state index contributed by atoms with van der Waals surface area (Å²) in [6.45, 7) is 1.34. The quantitative estimate of drug-likeness (QED) is 0.632. The van der Waals surface area contributed by atoms with Crippen molar-refractivity contribution in [2.45, 2.75) is 37.6 Å². The summed E-state index contributed by atoms with van der Waals surface area (Å²) in [6, 6.07) is 1.89. The first-order chi connectivity index (χ1) is 6.76. The third-order valence-electron chi connectivity index (χ3n) is 3.18. The lowest BCUT2D eigenvalue weighted by molar-refractivity contribution is -0.185. The highest BCUT2D eigenvalue weighted by Gasteiger charge is 2.41. The Hall–Kier alpha value is -0.630. The number of ether oxygens (including phenoxy) is 2. The van der Waals surface area contributed by atoms with E-state index in [4.69, 9.17) is 14.7 Å². The Morgan fingerprint density at radius 3 is 2.36 bits per heavy atom. The topological polar surface area (TPSA) is 62.5 Å². The van der Waals surface area contributed by atoms with E-state index in [9.17, 15) is 5.11 Å². The molecule has 1 unspecified atom stereocenters. The molecule has 2 aliphatic rings. The highest BCUT2D eigenvalue weighted by atomic mass is 16.7. The van der Waals surface area contributed by atoms with Gasteiger partial charge in [0, 0.05) is 12.8 Å². The Balaban J connectivity index is 1.89. The van der Waals surface area contributed by atoms with Gasteiger partial charge >= 0.3 is 0 Å². The van der Waals surface area contributed by atoms with Gasteiger partial charge in [-0.1, -0.05) is 0 Å². The van der Waals surface area contributed by atoms with Gasteiger partial charge in [0.05, 0.1) is 19.3 Å². The molecule has 78 valence electrons. The zero-order valence-electron chi connectivity index (χ0n) is 8.11. The van der Waals surface area contributed by atoms with Crippen LogP contribution in [0.15, 0.2) is 0 Å². The van der Waals surface area contributed by atoms with Crippen LogP contribution < -0.4 is 0 Å². The first kappa shape index (κ1) is 9.91. The monoisotopic (exact) mass is 197 g/mol. The molecule has 1 aliphatic heterocycles. The molecule has 1 heterocycles. The van der Waals surface area contributed by atoms with Gasteiger partial charge in [-0.3, -0.25) is 0 Å². The second kappa shape index (κ2) is 3.85. The number of hydrogen-bond acceptors (Lipinski definition) is 4. The fourth-order valence-electron chi connectivity index (χ4n) is 2.29. The highest BCUT2D eigenvalue weighted by Crippen LogP contribution is 2.39. The Kier molecular flexibility index (Phi) is 2.73. The van der Waals surface area contributed by atoms with Gasteiger partial charge in [0.2, 0.25) is 0 Å². The van der Waals surface area contributed by atoms with Crippen molar-refractivity contribution in [1.29, 1.82) is 5.26 Å². The predicted octanol–water partition coefficient (Wildman–Crippen LogP) is 0.804. The molecular weight excluding hydrogens is 182 g/mol. The van der Waals surface area contributed by atoms with Crippen LogP contribution in [0.4, 0.5) is 0 Å². The molecule has 1 N–H and O–H groups in total. The summed E-state index contributed by atoms with van der Waals surface area (Å²) < 4.78 is 11.1. The van der Waals surface area contributed by atoms with Gasteiger partial charge in [-0.05, 0) is 18.8 Å². The SMILES string of the molecule is N#CC(O)C1CCC2(CC1)OCCO2. The summed E-state index contributed by atoms with van der Waals surface area (Å²) in [6.07, 6.45) is 2.41. The van der Waals surface area contributed by atoms with Crippen molar-refractivity contribution in [3.05, 3.63) is 0 Å². The van der Waals surface area contributed by atoms with Gasteiger partial charge in [-0.2, -0.15) is 5.26 Å². The van der Waals surface area contributed by atoms with E-state index in [1.165, 1.54) is 0 Å². The van der Waals surface area contributed by atoms with Crippen molar-refractivity contribution < 1.29 is 14.6 Å². The normalized spacial score (nSPS) is 28.9. The maximum absolute atomic E-state index is 9.37. The number of nitrogens with zero attached hydrogens (tertiary/aromatic N) is 1. The minimum absolute atomic E-state index is 0.0958. The van der Waals surface area contributed by atoms with E-state index in [0.717, 1.165) is 25.7 Å². The second-order valence-electron chi connectivity index (χ2n) is 4.02. The number of hydrogen-bond donors (Lipinski definition) is 1. The van der Waals surface area contributed by atoms with E-state index in [2.05, 4.69) is 0 Å². The molecule has 1 spiro atoms. The van der Waals surface area contributed by atoms with Crippen molar-refractivity contribution in [1.82, 2.24) is 0 Å². The van der Waals surface area contributed by atoms with Gasteiger partial charge in [0.1, 0.15) is 6.10 Å². The second-order valence-corrected chi connectivity index (χ2v) is 4.02. The largest absolute Gasteiger partial charge is 0.378 e. The molecule has 1 atom stereocenters. The molecule has 2 fully saturated rings. The summed E-state index contributed by atoms with van der Waals surface area (Å²) in [5.74, 6) is -0.287. The maximum atomic E-state index is 9.37. The number of aliphatic hydroxyl groups is 1. The van der Waals surface area contributed by atoms with Gasteiger partial charge in [-0.15, -0.1) is 0 Å². The summed E-state index contributed by atoms with van der Waals surface area (Å²) >= 11 is 0. The van der Waals surface area contributed by atoms with E-state index in [1.54, 1.807) is 0 Å². The van der Waals surface area contributed by atoms with Gasteiger partial charge in [-0.25, -0.2) is 0 Å². The smallest absolute Gasteiger partial charge is 0.168 e. The zero-order chi connectivity index (χ0) is 10.0. The van der Waals surface area contributed by atoms with Crippen LogP contribution in [0.3, 0.4) is 0 Å². The van der Waals surface area contributed by atoms with Crippen LogP contribution in [0.2, 0.25) is 0 Å². The van der Waals surface area contributed by atoms with Crippen molar-refractivity contribution in [2.75, 3.05) is 13.2 Å². The first-order valence-corrected chi connectivity index (χ1v) is 5.11. The molecular formula is C10H15NO3. The summed E-state index contributed by atoms with van der Waals surface area (Å²) in [7, 11) is 0. The summed E-state index contributed by atoms with van der Waals surface area (Å²) in [4.78, 5) is 0. The van der Waals surface area contributed by atoms with Crippen LogP contribution in [0.5, 0.6) is 0 Å². The van der Waals surface area contributed by atoms with Crippen LogP contribution in [0.1, 0.15) is 25.7 Å². The number of rotatable bonds is 1. The molecule has 4 nitrogen and oxygen atoms in total. The molecule has 1 aliphatic carbocycles. The van der Waals surface area contributed by atoms with Crippen molar-refractivity contribution in [2.24, 2.45) is 5.92 Å². The van der Waals surface area contributed by atoms with E-state index in [-0.39, 0.29) is 11.7 Å². The molecule has 0 bridgehead atoms. The lowest BCUT2D eigenvalue weighted by atomic mass is 9.82. The molecule has 0 radical (unpaired) electrons. The lowest BCUT2D eigenvalue weighted by Gasteiger charge is -2.35. The molecule has 1 saturated heterocycles. The van der Waals surface area contributed by atoms with Crippen LogP contribution >= 0.6 is 0 Å². The third kappa shape index (κ3) is 1.76. The van der Waals surface area contributed by atoms with E-state index in [0.29, 0.717) is 13.2 Å². The van der Waals surface area contributed by atoms with Crippen LogP contribution in [-0.2, 0) is 9.47 Å². The van der Waals surface area contributed by atoms with Crippen molar-refractivity contribution in [3.8, 4) is 6.07 Å². The van der Waals surface area contributed by atoms with E-state index in [1.807, 2.05) is 6.07 Å². The maximum Gasteiger partial charge on any atom is 0.168 e. The average molecular weight is 197 g/mol.